The molecule has 0 spiro atoms. The van der Waals surface area contributed by atoms with Gasteiger partial charge in [0.15, 0.2) is 0 Å². The highest BCUT2D eigenvalue weighted by atomic mass is 79.9. The maximum atomic E-state index is 12.8. The number of nitrogens with one attached hydrogen (secondary N) is 1. The van der Waals surface area contributed by atoms with Crippen LogP contribution >= 0.6 is 15.9 Å². The fraction of sp³-hybridized carbons (Fsp3) is 0.176. The summed E-state index contributed by atoms with van der Waals surface area (Å²) in [4.78, 5) is 3.77. The van der Waals surface area contributed by atoms with Crippen molar-refractivity contribution in [2.75, 3.05) is 6.54 Å². The molecule has 4 rings (SSSR count). The summed E-state index contributed by atoms with van der Waals surface area (Å²) in [6.07, 6.45) is 0.702. The number of benzene rings is 2. The Morgan fingerprint density at radius 3 is 2.65 bits per heavy atom. The minimum absolute atomic E-state index is 0.353. The van der Waals surface area contributed by atoms with E-state index in [9.17, 15) is 8.42 Å². The van der Waals surface area contributed by atoms with Crippen LogP contribution in [0, 0.1) is 0 Å². The van der Waals surface area contributed by atoms with Gasteiger partial charge in [-0.05, 0) is 29.8 Å². The quantitative estimate of drug-likeness (QED) is 0.725. The Morgan fingerprint density at radius 1 is 1.09 bits per heavy atom. The maximum absolute atomic E-state index is 12.8. The number of sulfonamides is 1. The molecule has 0 aliphatic carbocycles. The van der Waals surface area contributed by atoms with Crippen molar-refractivity contribution < 1.29 is 8.42 Å². The van der Waals surface area contributed by atoms with E-state index in [1.54, 1.807) is 28.6 Å². The van der Waals surface area contributed by atoms with Crippen LogP contribution in [0.3, 0.4) is 0 Å². The SMILES string of the molecule is O=S(=O)(c1ccccc1)N1CCc2[nH]c3cc(Br)ccc3c2C1. The second-order valence-electron chi connectivity index (χ2n) is 5.67. The van der Waals surface area contributed by atoms with E-state index in [0.29, 0.717) is 24.4 Å². The zero-order valence-electron chi connectivity index (χ0n) is 12.3. The van der Waals surface area contributed by atoms with Crippen molar-refractivity contribution in [2.24, 2.45) is 0 Å². The molecular formula is C17H15BrN2O2S. The van der Waals surface area contributed by atoms with E-state index in [2.05, 4.69) is 20.9 Å². The van der Waals surface area contributed by atoms with Gasteiger partial charge in [-0.15, -0.1) is 0 Å². The molecule has 0 bridgehead atoms. The van der Waals surface area contributed by atoms with Crippen molar-refractivity contribution in [3.8, 4) is 0 Å². The molecule has 0 radical (unpaired) electrons. The van der Waals surface area contributed by atoms with Crippen molar-refractivity contribution in [1.29, 1.82) is 0 Å². The van der Waals surface area contributed by atoms with E-state index in [1.165, 1.54) is 0 Å². The molecule has 0 fully saturated rings. The summed E-state index contributed by atoms with van der Waals surface area (Å²) in [5, 5.41) is 1.09. The van der Waals surface area contributed by atoms with Crippen LogP contribution in [0.2, 0.25) is 0 Å². The third kappa shape index (κ3) is 2.51. The fourth-order valence-electron chi connectivity index (χ4n) is 3.12. The molecule has 3 aromatic rings. The lowest BCUT2D eigenvalue weighted by molar-refractivity contribution is 0.391. The van der Waals surface area contributed by atoms with Crippen LogP contribution in [0.1, 0.15) is 11.3 Å². The molecule has 2 heterocycles. The lowest BCUT2D eigenvalue weighted by atomic mass is 10.1. The average molecular weight is 391 g/mol. The molecule has 1 aliphatic rings. The van der Waals surface area contributed by atoms with E-state index < -0.39 is 10.0 Å². The monoisotopic (exact) mass is 390 g/mol. The molecule has 23 heavy (non-hydrogen) atoms. The Hall–Kier alpha value is -1.63. The Labute approximate surface area is 143 Å². The molecule has 2 aromatic carbocycles. The average Bonchev–Trinajstić information content (AvgIpc) is 2.92. The zero-order chi connectivity index (χ0) is 16.0. The van der Waals surface area contributed by atoms with Gasteiger partial charge in [0, 0.05) is 40.6 Å². The van der Waals surface area contributed by atoms with Crippen LogP contribution in [-0.4, -0.2) is 24.3 Å². The highest BCUT2D eigenvalue weighted by molar-refractivity contribution is 9.10. The number of hydrogen-bond donors (Lipinski definition) is 1. The van der Waals surface area contributed by atoms with E-state index in [-0.39, 0.29) is 0 Å². The van der Waals surface area contributed by atoms with Crippen LogP contribution in [0.4, 0.5) is 0 Å². The van der Waals surface area contributed by atoms with Gasteiger partial charge in [-0.1, -0.05) is 40.2 Å². The summed E-state index contributed by atoms with van der Waals surface area (Å²) < 4.78 is 28.2. The summed E-state index contributed by atoms with van der Waals surface area (Å²) >= 11 is 3.47. The molecule has 1 aliphatic heterocycles. The van der Waals surface area contributed by atoms with Gasteiger partial charge in [0.1, 0.15) is 0 Å². The van der Waals surface area contributed by atoms with Crippen molar-refractivity contribution in [2.45, 2.75) is 17.9 Å². The van der Waals surface area contributed by atoms with Crippen LogP contribution in [0.15, 0.2) is 57.9 Å². The Balaban J connectivity index is 1.75. The standard InChI is InChI=1S/C17H15BrN2O2S/c18-12-6-7-14-15-11-20(9-8-16(15)19-17(14)10-12)23(21,22)13-4-2-1-3-5-13/h1-7,10,19H,8-9,11H2. The fourth-order valence-corrected chi connectivity index (χ4v) is 4.91. The van der Waals surface area contributed by atoms with Gasteiger partial charge < -0.3 is 4.98 Å². The molecule has 0 saturated heterocycles. The normalized spacial score (nSPS) is 15.7. The molecular weight excluding hydrogens is 376 g/mol. The highest BCUT2D eigenvalue weighted by Gasteiger charge is 2.30. The predicted octanol–water partition coefficient (Wildman–Crippen LogP) is 3.68. The van der Waals surface area contributed by atoms with Gasteiger partial charge in [0.2, 0.25) is 10.0 Å². The number of hydrogen-bond acceptors (Lipinski definition) is 2. The number of fused-ring (bicyclic) bond motifs is 3. The first-order chi connectivity index (χ1) is 11.1. The van der Waals surface area contributed by atoms with E-state index in [4.69, 9.17) is 0 Å². The van der Waals surface area contributed by atoms with E-state index >= 15 is 0 Å². The second kappa shape index (κ2) is 5.47. The minimum Gasteiger partial charge on any atom is -0.358 e. The smallest absolute Gasteiger partial charge is 0.243 e. The maximum Gasteiger partial charge on any atom is 0.243 e. The Kier molecular flexibility index (Phi) is 3.55. The van der Waals surface area contributed by atoms with E-state index in [1.807, 2.05) is 24.3 Å². The van der Waals surface area contributed by atoms with Gasteiger partial charge >= 0.3 is 0 Å². The van der Waals surface area contributed by atoms with Gasteiger partial charge in [-0.3, -0.25) is 0 Å². The predicted molar refractivity (Wildman–Crippen MR) is 93.7 cm³/mol. The highest BCUT2D eigenvalue weighted by Crippen LogP contribution is 2.31. The molecule has 0 atom stereocenters. The van der Waals surface area contributed by atoms with Crippen molar-refractivity contribution in [3.63, 3.8) is 0 Å². The molecule has 4 nitrogen and oxygen atoms in total. The number of rotatable bonds is 2. The summed E-state index contributed by atoms with van der Waals surface area (Å²) in [5.41, 5.74) is 3.26. The van der Waals surface area contributed by atoms with E-state index in [0.717, 1.165) is 26.6 Å². The topological polar surface area (TPSA) is 53.2 Å². The lowest BCUT2D eigenvalue weighted by Gasteiger charge is -2.26. The number of aromatic nitrogens is 1. The van der Waals surface area contributed by atoms with Gasteiger partial charge in [0.05, 0.1) is 4.90 Å². The van der Waals surface area contributed by atoms with Gasteiger partial charge in [0.25, 0.3) is 0 Å². The molecule has 0 saturated carbocycles. The largest absolute Gasteiger partial charge is 0.358 e. The van der Waals surface area contributed by atoms with Gasteiger partial charge in [-0.2, -0.15) is 4.31 Å². The van der Waals surface area contributed by atoms with Crippen molar-refractivity contribution in [3.05, 3.63) is 64.3 Å². The van der Waals surface area contributed by atoms with Gasteiger partial charge in [-0.25, -0.2) is 8.42 Å². The third-order valence-electron chi connectivity index (χ3n) is 4.28. The first kappa shape index (κ1) is 14.9. The van der Waals surface area contributed by atoms with Crippen molar-refractivity contribution in [1.82, 2.24) is 9.29 Å². The Bertz CT molecular complexity index is 981. The number of H-pyrrole nitrogens is 1. The molecule has 118 valence electrons. The number of aromatic amines is 1. The molecule has 0 amide bonds. The summed E-state index contributed by atoms with van der Waals surface area (Å²) in [7, 11) is -3.45. The lowest BCUT2D eigenvalue weighted by Crippen LogP contribution is -2.35. The Morgan fingerprint density at radius 2 is 1.87 bits per heavy atom. The first-order valence-corrected chi connectivity index (χ1v) is 9.63. The van der Waals surface area contributed by atoms with Crippen LogP contribution in [0.5, 0.6) is 0 Å². The molecule has 0 unspecified atom stereocenters. The van der Waals surface area contributed by atoms with Crippen LogP contribution in [0.25, 0.3) is 10.9 Å². The van der Waals surface area contributed by atoms with Crippen LogP contribution in [-0.2, 0) is 23.0 Å². The summed E-state index contributed by atoms with van der Waals surface area (Å²) in [5.74, 6) is 0. The third-order valence-corrected chi connectivity index (χ3v) is 6.64. The second-order valence-corrected chi connectivity index (χ2v) is 8.53. The van der Waals surface area contributed by atoms with Crippen molar-refractivity contribution >= 4 is 36.9 Å². The number of halogens is 1. The number of nitrogens with zero attached hydrogens (tertiary/aromatic N) is 1. The first-order valence-electron chi connectivity index (χ1n) is 7.40. The minimum atomic E-state index is -3.45. The zero-order valence-corrected chi connectivity index (χ0v) is 14.7. The molecule has 1 aromatic heterocycles. The summed E-state index contributed by atoms with van der Waals surface area (Å²) in [6.45, 7) is 0.909. The molecule has 6 heteroatoms. The molecule has 1 N–H and O–H groups in total. The summed E-state index contributed by atoms with van der Waals surface area (Å²) in [6, 6.07) is 14.7. The van der Waals surface area contributed by atoms with Crippen LogP contribution < -0.4 is 0 Å².